The number of rotatable bonds is 3. The summed E-state index contributed by atoms with van der Waals surface area (Å²) in [7, 11) is 0. The second kappa shape index (κ2) is 5.82. The van der Waals surface area contributed by atoms with Crippen LogP contribution in [0.15, 0.2) is 40.5 Å². The minimum absolute atomic E-state index is 0.00607. The lowest BCUT2D eigenvalue weighted by Gasteiger charge is -2.04. The van der Waals surface area contributed by atoms with E-state index in [-0.39, 0.29) is 11.2 Å². The maximum Gasteiger partial charge on any atom is 0.239 e. The Morgan fingerprint density at radius 2 is 2.06 bits per heavy atom. The number of thioether (sulfide) groups is 1. The normalized spacial score (nSPS) is 20.9. The van der Waals surface area contributed by atoms with Crippen molar-refractivity contribution in [2.45, 2.75) is 25.5 Å². The second-order valence-electron chi connectivity index (χ2n) is 4.24. The second-order valence-corrected chi connectivity index (χ2v) is 5.43. The summed E-state index contributed by atoms with van der Waals surface area (Å²) in [6, 6.07) is 9.98. The van der Waals surface area contributed by atoms with Gasteiger partial charge >= 0.3 is 0 Å². The maximum atomic E-state index is 11.8. The zero-order valence-electron chi connectivity index (χ0n) is 10.4. The fraction of sp³-hybridized carbons (Fsp3) is 0.308. The molecule has 94 valence electrons. The highest BCUT2D eigenvalue weighted by atomic mass is 32.2. The molecule has 1 heterocycles. The predicted molar refractivity (Wildman–Crippen MR) is 75.9 cm³/mol. The average Bonchev–Trinajstić information content (AvgIpc) is 2.69. The molecule has 0 spiro atoms. The zero-order chi connectivity index (χ0) is 13.0. The van der Waals surface area contributed by atoms with Gasteiger partial charge in [0.05, 0.1) is 5.25 Å². The molecule has 1 amide bonds. The van der Waals surface area contributed by atoms with Crippen LogP contribution in [0.5, 0.6) is 0 Å². The van der Waals surface area contributed by atoms with Gasteiger partial charge in [0.1, 0.15) is 0 Å². The molecule has 1 N–H and O–H groups in total. The first-order chi connectivity index (χ1) is 8.65. The van der Waals surface area contributed by atoms with Gasteiger partial charge in [0.15, 0.2) is 5.17 Å². The quantitative estimate of drug-likeness (QED) is 0.670. The van der Waals surface area contributed by atoms with Crippen LogP contribution in [0.1, 0.15) is 19.4 Å². The lowest BCUT2D eigenvalue weighted by molar-refractivity contribution is -0.118. The molecule has 0 saturated carbocycles. The summed E-state index contributed by atoms with van der Waals surface area (Å²) in [6.45, 7) is 3.74. The van der Waals surface area contributed by atoms with E-state index in [1.54, 1.807) is 0 Å². The molecule has 1 aromatic rings. The summed E-state index contributed by atoms with van der Waals surface area (Å²) in [6.07, 6.45) is 0.713. The van der Waals surface area contributed by atoms with Crippen LogP contribution in [0.25, 0.3) is 0 Å². The molecule has 0 radical (unpaired) electrons. The van der Waals surface area contributed by atoms with E-state index in [0.717, 1.165) is 11.3 Å². The van der Waals surface area contributed by atoms with E-state index in [0.29, 0.717) is 11.6 Å². The lowest BCUT2D eigenvalue weighted by Crippen LogP contribution is -2.25. The van der Waals surface area contributed by atoms with Crippen molar-refractivity contribution in [2.75, 3.05) is 0 Å². The van der Waals surface area contributed by atoms with Crippen LogP contribution in [-0.2, 0) is 11.2 Å². The molecule has 4 nitrogen and oxygen atoms in total. The Kier molecular flexibility index (Phi) is 4.15. The van der Waals surface area contributed by atoms with Gasteiger partial charge in [-0.1, -0.05) is 42.1 Å². The number of hydrogen-bond donors (Lipinski definition) is 1. The Morgan fingerprint density at radius 1 is 1.33 bits per heavy atom. The van der Waals surface area contributed by atoms with Crippen LogP contribution >= 0.6 is 11.8 Å². The fourth-order valence-electron chi connectivity index (χ4n) is 1.56. The summed E-state index contributed by atoms with van der Waals surface area (Å²) in [4.78, 5) is 11.8. The Morgan fingerprint density at radius 3 is 2.72 bits per heavy atom. The summed E-state index contributed by atoms with van der Waals surface area (Å²) in [5.74, 6) is 0.00607. The monoisotopic (exact) mass is 261 g/mol. The van der Waals surface area contributed by atoms with Crippen molar-refractivity contribution in [3.05, 3.63) is 35.9 Å². The molecule has 1 aromatic carbocycles. The van der Waals surface area contributed by atoms with Gasteiger partial charge in [-0.05, 0) is 25.8 Å². The van der Waals surface area contributed by atoms with E-state index in [1.165, 1.54) is 11.8 Å². The molecule has 0 unspecified atom stereocenters. The fourth-order valence-corrected chi connectivity index (χ4v) is 2.52. The summed E-state index contributed by atoms with van der Waals surface area (Å²) in [5, 5.41) is 11.2. The molecular formula is C13H15N3OS. The van der Waals surface area contributed by atoms with Crippen LogP contribution in [0.4, 0.5) is 0 Å². The van der Waals surface area contributed by atoms with E-state index in [4.69, 9.17) is 0 Å². The maximum absolute atomic E-state index is 11.8. The summed E-state index contributed by atoms with van der Waals surface area (Å²) in [5.41, 5.74) is 2.02. The SMILES string of the molecule is CC(C)=N/N=C1\NC(=O)[C@@H](Cc2ccccc2)S1. The molecule has 1 aliphatic rings. The first-order valence-electron chi connectivity index (χ1n) is 5.75. The zero-order valence-corrected chi connectivity index (χ0v) is 11.2. The Hall–Kier alpha value is -1.62. The van der Waals surface area contributed by atoms with Crippen LogP contribution in [0.2, 0.25) is 0 Å². The molecule has 0 bridgehead atoms. The number of hydrogen-bond acceptors (Lipinski definition) is 4. The third-order valence-corrected chi connectivity index (χ3v) is 3.45. The largest absolute Gasteiger partial charge is 0.303 e. The number of nitrogens with one attached hydrogen (secondary N) is 1. The molecule has 0 aliphatic carbocycles. The van der Waals surface area contributed by atoms with Crippen molar-refractivity contribution in [1.29, 1.82) is 0 Å². The number of amides is 1. The first kappa shape index (κ1) is 12.8. The number of nitrogens with zero attached hydrogens (tertiary/aromatic N) is 2. The van der Waals surface area contributed by atoms with Crippen molar-refractivity contribution in [1.82, 2.24) is 5.32 Å². The highest BCUT2D eigenvalue weighted by Crippen LogP contribution is 2.23. The molecule has 18 heavy (non-hydrogen) atoms. The van der Waals surface area contributed by atoms with E-state index >= 15 is 0 Å². The standard InChI is InChI=1S/C13H15N3OS/c1-9(2)15-16-13-14-12(17)11(18-13)8-10-6-4-3-5-7-10/h3-7,11H,8H2,1-2H3,(H,14,16,17)/t11-/m1/s1. The molecule has 2 rings (SSSR count). The number of carbonyl (C=O) groups excluding carboxylic acids is 1. The number of carbonyl (C=O) groups is 1. The van der Waals surface area contributed by atoms with Gasteiger partial charge in [-0.25, -0.2) is 0 Å². The van der Waals surface area contributed by atoms with E-state index in [1.807, 2.05) is 44.2 Å². The van der Waals surface area contributed by atoms with Crippen LogP contribution < -0.4 is 5.32 Å². The van der Waals surface area contributed by atoms with Gasteiger partial charge in [0.2, 0.25) is 5.91 Å². The highest BCUT2D eigenvalue weighted by molar-refractivity contribution is 8.15. The van der Waals surface area contributed by atoms with Crippen molar-refractivity contribution >= 4 is 28.5 Å². The molecule has 1 saturated heterocycles. The molecule has 1 fully saturated rings. The Balaban J connectivity index is 2.02. The number of amidine groups is 1. The van der Waals surface area contributed by atoms with Gasteiger partial charge in [0, 0.05) is 5.71 Å². The van der Waals surface area contributed by atoms with E-state index < -0.39 is 0 Å². The summed E-state index contributed by atoms with van der Waals surface area (Å²) >= 11 is 1.44. The minimum Gasteiger partial charge on any atom is -0.303 e. The molecule has 5 heteroatoms. The topological polar surface area (TPSA) is 53.8 Å². The van der Waals surface area contributed by atoms with Crippen LogP contribution in [0.3, 0.4) is 0 Å². The molecule has 0 aromatic heterocycles. The minimum atomic E-state index is -0.112. The van der Waals surface area contributed by atoms with Gasteiger partial charge < -0.3 is 5.32 Å². The smallest absolute Gasteiger partial charge is 0.239 e. The van der Waals surface area contributed by atoms with E-state index in [2.05, 4.69) is 15.5 Å². The van der Waals surface area contributed by atoms with Crippen LogP contribution in [0, 0.1) is 0 Å². The molecule has 1 atom stereocenters. The van der Waals surface area contributed by atoms with Crippen molar-refractivity contribution in [3.8, 4) is 0 Å². The predicted octanol–water partition coefficient (Wildman–Crippen LogP) is 2.21. The van der Waals surface area contributed by atoms with Crippen molar-refractivity contribution < 1.29 is 4.79 Å². The summed E-state index contributed by atoms with van der Waals surface area (Å²) < 4.78 is 0. The van der Waals surface area contributed by atoms with Gasteiger partial charge in [-0.15, -0.1) is 5.10 Å². The highest BCUT2D eigenvalue weighted by Gasteiger charge is 2.30. The number of benzene rings is 1. The Bertz CT molecular complexity index is 492. The molecular weight excluding hydrogens is 246 g/mol. The van der Waals surface area contributed by atoms with Crippen molar-refractivity contribution in [2.24, 2.45) is 10.2 Å². The molecule has 1 aliphatic heterocycles. The third-order valence-electron chi connectivity index (χ3n) is 2.38. The van der Waals surface area contributed by atoms with Gasteiger partial charge in [-0.3, -0.25) is 4.79 Å². The van der Waals surface area contributed by atoms with Gasteiger partial charge in [-0.2, -0.15) is 5.10 Å². The lowest BCUT2D eigenvalue weighted by atomic mass is 10.1. The Labute approximate surface area is 111 Å². The van der Waals surface area contributed by atoms with E-state index in [9.17, 15) is 4.79 Å². The van der Waals surface area contributed by atoms with Crippen molar-refractivity contribution in [3.63, 3.8) is 0 Å². The third kappa shape index (κ3) is 3.43. The van der Waals surface area contributed by atoms with Gasteiger partial charge in [0.25, 0.3) is 0 Å². The first-order valence-corrected chi connectivity index (χ1v) is 6.63. The van der Waals surface area contributed by atoms with Crippen LogP contribution in [-0.4, -0.2) is 22.0 Å². The average molecular weight is 261 g/mol.